The molecule has 71 heavy (non-hydrogen) atoms. The summed E-state index contributed by atoms with van der Waals surface area (Å²) >= 11 is 9.60. The van der Waals surface area contributed by atoms with Gasteiger partial charge in [0.05, 0.1) is 30.8 Å². The fourth-order valence-corrected chi connectivity index (χ4v) is 11.4. The van der Waals surface area contributed by atoms with E-state index < -0.39 is 35.6 Å². The van der Waals surface area contributed by atoms with Crippen LogP contribution < -0.4 is 20.7 Å². The maximum atomic E-state index is 14.3. The molecule has 0 aliphatic carbocycles. The molecule has 14 nitrogen and oxygen atoms in total. The highest BCUT2D eigenvalue weighted by molar-refractivity contribution is 7.15. The van der Waals surface area contributed by atoms with Gasteiger partial charge in [-0.15, -0.1) is 32.9 Å². The molecule has 0 radical (unpaired) electrons. The minimum atomic E-state index is -0.948. The zero-order valence-electron chi connectivity index (χ0n) is 41.3. The zero-order valence-corrected chi connectivity index (χ0v) is 43.7. The lowest BCUT2D eigenvalue weighted by Crippen LogP contribution is -2.57. The molecule has 2 aliphatic rings. The highest BCUT2D eigenvalue weighted by Gasteiger charge is 2.45. The van der Waals surface area contributed by atoms with Crippen molar-refractivity contribution in [1.29, 1.82) is 0 Å². The lowest BCUT2D eigenvalue weighted by molar-refractivity contribution is -0.144. The third-order valence-corrected chi connectivity index (χ3v) is 15.7. The van der Waals surface area contributed by atoms with Crippen molar-refractivity contribution in [2.24, 2.45) is 10.4 Å². The van der Waals surface area contributed by atoms with Gasteiger partial charge in [-0.3, -0.25) is 28.7 Å². The summed E-state index contributed by atoms with van der Waals surface area (Å²) in [4.78, 5) is 64.1. The third kappa shape index (κ3) is 11.6. The van der Waals surface area contributed by atoms with Crippen LogP contribution in [0.1, 0.15) is 109 Å². The van der Waals surface area contributed by atoms with Gasteiger partial charge in [0.25, 0.3) is 0 Å². The van der Waals surface area contributed by atoms with Crippen LogP contribution in [0.3, 0.4) is 0 Å². The Kier molecular flexibility index (Phi) is 15.6. The van der Waals surface area contributed by atoms with Gasteiger partial charge >= 0.3 is 0 Å². The van der Waals surface area contributed by atoms with Crippen molar-refractivity contribution >= 4 is 63.6 Å². The predicted molar refractivity (Wildman–Crippen MR) is 280 cm³/mol. The Hall–Kier alpha value is -6.20. The predicted octanol–water partition coefficient (Wildman–Crippen LogP) is 8.72. The van der Waals surface area contributed by atoms with Gasteiger partial charge in [0.1, 0.15) is 41.3 Å². The summed E-state index contributed by atoms with van der Waals surface area (Å²) in [6.07, 6.45) is -0.270. The smallest absolute Gasteiger partial charge is 0.246 e. The Labute approximate surface area is 427 Å². The maximum Gasteiger partial charge on any atom is 0.246 e. The molecule has 5 heterocycles. The van der Waals surface area contributed by atoms with Gasteiger partial charge in [0.2, 0.25) is 23.6 Å². The fourth-order valence-electron chi connectivity index (χ4n) is 9.13. The number of aryl methyl sites for hydroxylation is 4. The van der Waals surface area contributed by atoms with Crippen molar-refractivity contribution in [2.45, 2.75) is 111 Å². The van der Waals surface area contributed by atoms with Crippen molar-refractivity contribution in [3.63, 3.8) is 0 Å². The molecule has 8 rings (SSSR count). The van der Waals surface area contributed by atoms with Crippen LogP contribution in [0, 0.1) is 33.1 Å². The van der Waals surface area contributed by atoms with Gasteiger partial charge in [-0.1, -0.05) is 80.9 Å². The molecule has 0 unspecified atom stereocenters. The summed E-state index contributed by atoms with van der Waals surface area (Å²) in [7, 11) is 0. The molecule has 17 heteroatoms. The number of aliphatic hydroxyl groups is 1. The Morgan fingerprint density at radius 1 is 0.930 bits per heavy atom. The second-order valence-corrected chi connectivity index (χ2v) is 22.1. The maximum absolute atomic E-state index is 14.3. The van der Waals surface area contributed by atoms with E-state index in [1.807, 2.05) is 112 Å². The van der Waals surface area contributed by atoms with Gasteiger partial charge in [-0.05, 0) is 110 Å². The summed E-state index contributed by atoms with van der Waals surface area (Å²) in [5.41, 5.74) is 7.16. The standard InChI is InChI=1S/C54H61ClN8O6S2/c1-30-22-25-70-48(30)38-15-13-36(14-16-38)32(3)57-51(67)43-27-40(64)29-62(43)52(68)49(54(6,7)8)59-44(65)21-12-35-10-9-11-41(26-35)69-24-23-56-45(66)28-42-50-61-60-34(5)63(50)53-46(31(2)33(4)71-53)47(58-42)37-17-19-39(55)20-18-37/h9-11,13-20,22,25-26,32,40,42-43,49,64H,12,21,23-24,27-29H2,1-8H3,(H,56,66)(H,57,67)(H,59,65)/t32-,40+,42-,43-,49+/m0/s1. The van der Waals surface area contributed by atoms with E-state index in [4.69, 9.17) is 21.3 Å². The molecule has 3 aromatic carbocycles. The van der Waals surface area contributed by atoms with E-state index in [1.54, 1.807) is 22.7 Å². The van der Waals surface area contributed by atoms with Crippen molar-refractivity contribution in [1.82, 2.24) is 35.6 Å². The molecule has 5 atom stereocenters. The first-order chi connectivity index (χ1) is 33.9. The van der Waals surface area contributed by atoms with Gasteiger partial charge < -0.3 is 30.7 Å². The van der Waals surface area contributed by atoms with Crippen molar-refractivity contribution in [3.8, 4) is 21.2 Å². The Bertz CT molecular complexity index is 2960. The van der Waals surface area contributed by atoms with Gasteiger partial charge in [0.15, 0.2) is 5.82 Å². The second kappa shape index (κ2) is 21.7. The van der Waals surface area contributed by atoms with Gasteiger partial charge in [-0.2, -0.15) is 0 Å². The topological polar surface area (TPSA) is 180 Å². The molecule has 0 spiro atoms. The number of carbonyl (C=O) groups is 4. The molecule has 3 aromatic heterocycles. The number of nitrogens with zero attached hydrogens (tertiary/aromatic N) is 5. The van der Waals surface area contributed by atoms with Crippen LogP contribution in [0.25, 0.3) is 15.4 Å². The summed E-state index contributed by atoms with van der Waals surface area (Å²) < 4.78 is 8.05. The number of halogens is 1. The van der Waals surface area contributed by atoms with Crippen molar-refractivity contribution in [3.05, 3.63) is 139 Å². The third-order valence-electron chi connectivity index (χ3n) is 13.1. The van der Waals surface area contributed by atoms with E-state index in [1.165, 1.54) is 15.3 Å². The molecule has 0 saturated carbocycles. The largest absolute Gasteiger partial charge is 0.492 e. The number of rotatable bonds is 16. The summed E-state index contributed by atoms with van der Waals surface area (Å²) in [5.74, 6) is 0.573. The van der Waals surface area contributed by atoms with Crippen LogP contribution in [-0.4, -0.2) is 92.0 Å². The Morgan fingerprint density at radius 3 is 2.37 bits per heavy atom. The SMILES string of the molecule is Cc1ccsc1-c1ccc([C@H](C)NC(=O)[C@@H]2C[C@@H](O)CN2C(=O)[C@@H](NC(=O)CCc2cccc(OCCNC(=O)C[C@@H]3N=C(c4ccc(Cl)cc4)c4c(sc(C)c4C)-n4c(C)nnc43)c2)C(C)(C)C)cc1. The quantitative estimate of drug-likeness (QED) is 0.0695. The van der Waals surface area contributed by atoms with Crippen LogP contribution in [0.15, 0.2) is 89.2 Å². The van der Waals surface area contributed by atoms with Gasteiger partial charge in [0, 0.05) is 45.3 Å². The minimum Gasteiger partial charge on any atom is -0.492 e. The average Bonchev–Trinajstić information content (AvgIpc) is 4.11. The number of β-amino-alcohol motifs (C(OH)–C–C–N with tert-alkyl or cyclic N) is 1. The molecule has 4 N–H and O–H groups in total. The van der Waals surface area contributed by atoms with E-state index >= 15 is 0 Å². The number of fused-ring (bicyclic) bond motifs is 3. The van der Waals surface area contributed by atoms with E-state index in [0.29, 0.717) is 28.8 Å². The summed E-state index contributed by atoms with van der Waals surface area (Å²) in [5, 5.41) is 32.3. The first-order valence-corrected chi connectivity index (χ1v) is 26.0. The number of hydrogen-bond acceptors (Lipinski definition) is 11. The van der Waals surface area contributed by atoms with Crippen molar-refractivity contribution < 1.29 is 29.0 Å². The number of hydrogen-bond donors (Lipinski definition) is 4. The molecule has 1 saturated heterocycles. The van der Waals surface area contributed by atoms with Gasteiger partial charge in [-0.25, -0.2) is 0 Å². The molecule has 1 fully saturated rings. The van der Waals surface area contributed by atoms with E-state index in [9.17, 15) is 24.3 Å². The number of ether oxygens (including phenoxy) is 1. The van der Waals surface area contributed by atoms with E-state index in [0.717, 1.165) is 49.0 Å². The monoisotopic (exact) mass is 1020 g/mol. The number of nitrogens with one attached hydrogen (secondary N) is 3. The van der Waals surface area contributed by atoms with Crippen LogP contribution in [0.5, 0.6) is 5.75 Å². The molecule has 2 aliphatic heterocycles. The zero-order chi connectivity index (χ0) is 50.7. The summed E-state index contributed by atoms with van der Waals surface area (Å²) in [6.45, 7) is 16.1. The minimum absolute atomic E-state index is 0.0141. The van der Waals surface area contributed by atoms with Crippen molar-refractivity contribution in [2.75, 3.05) is 19.7 Å². The van der Waals surface area contributed by atoms with Crippen LogP contribution >= 0.6 is 34.3 Å². The first-order valence-electron chi connectivity index (χ1n) is 23.9. The number of aliphatic imine (C=N–C) groups is 1. The second-order valence-electron chi connectivity index (χ2n) is 19.5. The molecule has 372 valence electrons. The molecule has 4 amide bonds. The Morgan fingerprint density at radius 2 is 1.66 bits per heavy atom. The van der Waals surface area contributed by atoms with Crippen LogP contribution in [0.2, 0.25) is 5.02 Å². The normalized spacial score (nSPS) is 17.4. The van der Waals surface area contributed by atoms with Crippen LogP contribution in [0.4, 0.5) is 0 Å². The number of benzene rings is 3. The number of thiophene rings is 2. The summed E-state index contributed by atoms with van der Waals surface area (Å²) in [6, 6.07) is 22.3. The lowest BCUT2D eigenvalue weighted by Gasteiger charge is -2.35. The molecular formula is C54H61ClN8O6S2. The Balaban J connectivity index is 0.835. The number of carbonyl (C=O) groups excluding carboxylic acids is 4. The molecule has 0 bridgehead atoms. The lowest BCUT2D eigenvalue weighted by atomic mass is 9.85. The van der Waals surface area contributed by atoms with Crippen LogP contribution in [-0.2, 0) is 25.6 Å². The fraction of sp³-hybridized carbons (Fsp3) is 0.389. The number of aliphatic hydroxyl groups excluding tert-OH is 1. The first kappa shape index (κ1) is 51.2. The average molecular weight is 1020 g/mol. The van der Waals surface area contributed by atoms with E-state index in [2.05, 4.69) is 58.4 Å². The molecular weight excluding hydrogens is 956 g/mol. The highest BCUT2D eigenvalue weighted by atomic mass is 35.5. The van der Waals surface area contributed by atoms with E-state index in [-0.39, 0.29) is 62.7 Å². The number of likely N-dealkylation sites (tertiary alicyclic amines) is 1. The number of aromatic nitrogens is 3. The highest BCUT2D eigenvalue weighted by Crippen LogP contribution is 2.40. The number of amides is 4. The molecule has 6 aromatic rings.